The van der Waals surface area contributed by atoms with Crippen LogP contribution in [0.15, 0.2) is 15.9 Å². The van der Waals surface area contributed by atoms with Crippen molar-refractivity contribution in [3.05, 3.63) is 20.8 Å². The molecule has 0 spiro atoms. The minimum Gasteiger partial charge on any atom is -0.352 e. The van der Waals surface area contributed by atoms with E-state index in [1.54, 1.807) is 11.3 Å². The zero-order valence-corrected chi connectivity index (χ0v) is 13.1. The van der Waals surface area contributed by atoms with Crippen LogP contribution in [0.3, 0.4) is 0 Å². The standard InChI is InChI=1S/C13H21BrN2OS/c1-2-3-4-11(8-15)16-13(17)6-5-12-7-10(14)9-18-12/h7,9,11H,2-6,8,15H2,1H3,(H,16,17). The summed E-state index contributed by atoms with van der Waals surface area (Å²) in [6, 6.07) is 2.20. The number of unbranched alkanes of at least 4 members (excludes halogenated alkanes) is 1. The van der Waals surface area contributed by atoms with Gasteiger partial charge in [-0.3, -0.25) is 4.79 Å². The highest BCUT2D eigenvalue weighted by molar-refractivity contribution is 9.10. The van der Waals surface area contributed by atoms with E-state index in [4.69, 9.17) is 5.73 Å². The van der Waals surface area contributed by atoms with Crippen LogP contribution in [-0.2, 0) is 11.2 Å². The van der Waals surface area contributed by atoms with E-state index in [2.05, 4.69) is 34.2 Å². The Balaban J connectivity index is 2.27. The summed E-state index contributed by atoms with van der Waals surface area (Å²) in [6.07, 6.45) is 4.56. The highest BCUT2D eigenvalue weighted by Crippen LogP contribution is 2.20. The van der Waals surface area contributed by atoms with Crippen molar-refractivity contribution in [1.82, 2.24) is 5.32 Å². The van der Waals surface area contributed by atoms with Crippen molar-refractivity contribution in [1.29, 1.82) is 0 Å². The summed E-state index contributed by atoms with van der Waals surface area (Å²) in [4.78, 5) is 13.0. The Morgan fingerprint density at radius 2 is 2.39 bits per heavy atom. The number of halogens is 1. The third-order valence-electron chi connectivity index (χ3n) is 2.78. The van der Waals surface area contributed by atoms with Gasteiger partial charge in [-0.1, -0.05) is 19.8 Å². The Morgan fingerprint density at radius 3 is 2.94 bits per heavy atom. The van der Waals surface area contributed by atoms with Crippen molar-refractivity contribution in [2.24, 2.45) is 5.73 Å². The number of thiophene rings is 1. The number of carbonyl (C=O) groups is 1. The molecular formula is C13H21BrN2OS. The van der Waals surface area contributed by atoms with Crippen LogP contribution in [0.4, 0.5) is 0 Å². The second-order valence-electron chi connectivity index (χ2n) is 4.37. The van der Waals surface area contributed by atoms with Crippen LogP contribution in [0.25, 0.3) is 0 Å². The van der Waals surface area contributed by atoms with Gasteiger partial charge in [0.15, 0.2) is 0 Å². The third-order valence-corrected chi connectivity index (χ3v) is 4.53. The highest BCUT2D eigenvalue weighted by Gasteiger charge is 2.10. The van der Waals surface area contributed by atoms with Gasteiger partial charge in [0.2, 0.25) is 5.91 Å². The smallest absolute Gasteiger partial charge is 0.220 e. The van der Waals surface area contributed by atoms with E-state index in [-0.39, 0.29) is 11.9 Å². The van der Waals surface area contributed by atoms with Crippen LogP contribution >= 0.6 is 27.3 Å². The van der Waals surface area contributed by atoms with E-state index < -0.39 is 0 Å². The molecule has 0 radical (unpaired) electrons. The van der Waals surface area contributed by atoms with Crippen molar-refractivity contribution in [2.75, 3.05) is 6.54 Å². The predicted molar refractivity (Wildman–Crippen MR) is 80.9 cm³/mol. The van der Waals surface area contributed by atoms with Crippen LogP contribution in [0.5, 0.6) is 0 Å². The average Bonchev–Trinajstić information content (AvgIpc) is 2.78. The Hall–Kier alpha value is -0.390. The first-order valence-corrected chi connectivity index (χ1v) is 8.05. The molecule has 0 fully saturated rings. The van der Waals surface area contributed by atoms with Gasteiger partial charge in [-0.25, -0.2) is 0 Å². The summed E-state index contributed by atoms with van der Waals surface area (Å²) < 4.78 is 1.09. The number of nitrogens with two attached hydrogens (primary N) is 1. The summed E-state index contributed by atoms with van der Waals surface area (Å²) in [6.45, 7) is 2.67. The SMILES string of the molecule is CCCCC(CN)NC(=O)CCc1cc(Br)cs1. The number of hydrogen-bond acceptors (Lipinski definition) is 3. The predicted octanol–water partition coefficient (Wildman–Crippen LogP) is 3.08. The lowest BCUT2D eigenvalue weighted by Gasteiger charge is -2.16. The van der Waals surface area contributed by atoms with Gasteiger partial charge in [-0.15, -0.1) is 11.3 Å². The average molecular weight is 333 g/mol. The Labute approximate surface area is 121 Å². The summed E-state index contributed by atoms with van der Waals surface area (Å²) >= 11 is 5.09. The first-order chi connectivity index (χ1) is 8.65. The first-order valence-electron chi connectivity index (χ1n) is 6.38. The number of nitrogens with one attached hydrogen (secondary N) is 1. The first kappa shape index (κ1) is 15.7. The highest BCUT2D eigenvalue weighted by atomic mass is 79.9. The Bertz CT molecular complexity index is 368. The molecule has 102 valence electrons. The molecule has 3 nitrogen and oxygen atoms in total. The minimum absolute atomic E-state index is 0.103. The number of aryl methyl sites for hydroxylation is 1. The fraction of sp³-hybridized carbons (Fsp3) is 0.615. The quantitative estimate of drug-likeness (QED) is 0.768. The molecule has 18 heavy (non-hydrogen) atoms. The lowest BCUT2D eigenvalue weighted by atomic mass is 10.1. The summed E-state index contributed by atoms with van der Waals surface area (Å²) in [5.41, 5.74) is 5.65. The molecule has 3 N–H and O–H groups in total. The molecule has 0 bridgehead atoms. The maximum absolute atomic E-state index is 11.8. The van der Waals surface area contributed by atoms with Crippen molar-refractivity contribution < 1.29 is 4.79 Å². The molecule has 0 aliphatic carbocycles. The lowest BCUT2D eigenvalue weighted by molar-refractivity contribution is -0.121. The Kier molecular flexibility index (Phi) is 7.54. The molecule has 0 aromatic carbocycles. The fourth-order valence-corrected chi connectivity index (χ4v) is 3.18. The molecule has 0 saturated heterocycles. The second-order valence-corrected chi connectivity index (χ2v) is 6.29. The zero-order valence-electron chi connectivity index (χ0n) is 10.7. The van der Waals surface area contributed by atoms with E-state index in [1.165, 1.54) is 4.88 Å². The van der Waals surface area contributed by atoms with Crippen LogP contribution < -0.4 is 11.1 Å². The van der Waals surface area contributed by atoms with E-state index in [1.807, 2.05) is 5.38 Å². The van der Waals surface area contributed by atoms with Gasteiger partial charge in [0.25, 0.3) is 0 Å². The van der Waals surface area contributed by atoms with E-state index in [9.17, 15) is 4.79 Å². The van der Waals surface area contributed by atoms with Crippen molar-refractivity contribution >= 4 is 33.2 Å². The minimum atomic E-state index is 0.103. The van der Waals surface area contributed by atoms with Gasteiger partial charge in [-0.05, 0) is 34.8 Å². The van der Waals surface area contributed by atoms with Crippen LogP contribution in [-0.4, -0.2) is 18.5 Å². The summed E-state index contributed by atoms with van der Waals surface area (Å²) in [5, 5.41) is 5.05. The van der Waals surface area contributed by atoms with Crippen LogP contribution in [0, 0.1) is 0 Å². The molecule has 0 aliphatic heterocycles. The van der Waals surface area contributed by atoms with Gasteiger partial charge in [-0.2, -0.15) is 0 Å². The maximum atomic E-state index is 11.8. The normalized spacial score (nSPS) is 12.4. The number of rotatable bonds is 8. The van der Waals surface area contributed by atoms with E-state index in [0.29, 0.717) is 13.0 Å². The topological polar surface area (TPSA) is 55.1 Å². The van der Waals surface area contributed by atoms with Crippen LogP contribution in [0.1, 0.15) is 37.5 Å². The largest absolute Gasteiger partial charge is 0.352 e. The molecule has 1 atom stereocenters. The van der Waals surface area contributed by atoms with E-state index in [0.717, 1.165) is 30.2 Å². The molecule has 1 aromatic rings. The second kappa shape index (κ2) is 8.67. The monoisotopic (exact) mass is 332 g/mol. The molecule has 1 aromatic heterocycles. The van der Waals surface area contributed by atoms with Gasteiger partial charge >= 0.3 is 0 Å². The maximum Gasteiger partial charge on any atom is 0.220 e. The van der Waals surface area contributed by atoms with Gasteiger partial charge in [0.1, 0.15) is 0 Å². The fourth-order valence-electron chi connectivity index (χ4n) is 1.72. The van der Waals surface area contributed by atoms with Crippen LogP contribution in [0.2, 0.25) is 0 Å². The van der Waals surface area contributed by atoms with Crippen molar-refractivity contribution in [3.8, 4) is 0 Å². The van der Waals surface area contributed by atoms with Crippen molar-refractivity contribution in [3.63, 3.8) is 0 Å². The van der Waals surface area contributed by atoms with Gasteiger partial charge in [0.05, 0.1) is 0 Å². The molecule has 1 rings (SSSR count). The molecule has 0 saturated carbocycles. The number of amides is 1. The van der Waals surface area contributed by atoms with Gasteiger partial charge < -0.3 is 11.1 Å². The van der Waals surface area contributed by atoms with Crippen molar-refractivity contribution in [2.45, 2.75) is 45.1 Å². The molecule has 1 unspecified atom stereocenters. The zero-order chi connectivity index (χ0) is 13.4. The summed E-state index contributed by atoms with van der Waals surface area (Å²) in [7, 11) is 0. The molecule has 1 amide bonds. The summed E-state index contributed by atoms with van der Waals surface area (Å²) in [5.74, 6) is 0.103. The number of hydrogen-bond donors (Lipinski definition) is 2. The third kappa shape index (κ3) is 5.98. The number of carbonyl (C=O) groups excluding carboxylic acids is 1. The van der Waals surface area contributed by atoms with E-state index >= 15 is 0 Å². The molecule has 5 heteroatoms. The molecule has 1 heterocycles. The molecular weight excluding hydrogens is 312 g/mol. The van der Waals surface area contributed by atoms with Gasteiger partial charge in [0, 0.05) is 33.7 Å². The lowest BCUT2D eigenvalue weighted by Crippen LogP contribution is -2.40. The Morgan fingerprint density at radius 1 is 1.61 bits per heavy atom. The molecule has 0 aliphatic rings.